The maximum atomic E-state index is 10.8. The van der Waals surface area contributed by atoms with Crippen molar-refractivity contribution in [3.8, 4) is 0 Å². The van der Waals surface area contributed by atoms with Crippen LogP contribution in [0.25, 0.3) is 0 Å². The van der Waals surface area contributed by atoms with E-state index in [4.69, 9.17) is 9.84 Å². The number of nitrogens with one attached hydrogen (secondary N) is 1. The third kappa shape index (κ3) is 2.77. The molecule has 0 radical (unpaired) electrons. The molecule has 0 aromatic carbocycles. The summed E-state index contributed by atoms with van der Waals surface area (Å²) in [5, 5.41) is 21.6. The maximum Gasteiger partial charge on any atom is 0.354 e. The number of aromatic nitrogens is 1. The number of carbonyl (C=O) groups is 1. The van der Waals surface area contributed by atoms with E-state index in [0.29, 0.717) is 31.7 Å². The highest BCUT2D eigenvalue weighted by Gasteiger charge is 2.31. The smallest absolute Gasteiger partial charge is 0.354 e. The number of nitrogens with zero attached hydrogens (tertiary/aromatic N) is 1. The number of carboxylic acids is 1. The monoisotopic (exact) mass is 252 g/mol. The number of pyridine rings is 1. The van der Waals surface area contributed by atoms with E-state index in [2.05, 4.69) is 10.3 Å². The van der Waals surface area contributed by atoms with Gasteiger partial charge in [0, 0.05) is 25.1 Å². The number of carboxylic acid groups (broad SMARTS) is 1. The third-order valence-electron chi connectivity index (χ3n) is 3.14. The summed E-state index contributed by atoms with van der Waals surface area (Å²) in [7, 11) is 0. The summed E-state index contributed by atoms with van der Waals surface area (Å²) in [4.78, 5) is 14.6. The minimum absolute atomic E-state index is 0.0128. The zero-order valence-electron chi connectivity index (χ0n) is 9.93. The number of hydrogen-bond acceptors (Lipinski definition) is 5. The summed E-state index contributed by atoms with van der Waals surface area (Å²) >= 11 is 0. The number of rotatable bonds is 4. The van der Waals surface area contributed by atoms with E-state index in [1.165, 1.54) is 12.3 Å². The van der Waals surface area contributed by atoms with Crippen molar-refractivity contribution >= 4 is 11.7 Å². The quantitative estimate of drug-likeness (QED) is 0.731. The Bertz CT molecular complexity index is 430. The summed E-state index contributed by atoms with van der Waals surface area (Å²) in [6.07, 6.45) is 2.82. The molecule has 1 fully saturated rings. The number of aliphatic hydroxyl groups is 1. The molecule has 0 bridgehead atoms. The zero-order valence-corrected chi connectivity index (χ0v) is 9.93. The predicted octanol–water partition coefficient (Wildman–Crippen LogP) is 0.733. The molecule has 2 heterocycles. The van der Waals surface area contributed by atoms with Gasteiger partial charge < -0.3 is 20.3 Å². The molecular weight excluding hydrogens is 236 g/mol. The molecule has 1 aromatic rings. The van der Waals surface area contributed by atoms with Crippen LogP contribution in [0.4, 0.5) is 5.69 Å². The molecular formula is C12H16N2O4. The Morgan fingerprint density at radius 1 is 1.50 bits per heavy atom. The molecule has 1 aliphatic heterocycles. The molecule has 1 aromatic heterocycles. The fourth-order valence-electron chi connectivity index (χ4n) is 2.02. The van der Waals surface area contributed by atoms with E-state index in [9.17, 15) is 9.90 Å². The Kier molecular flexibility index (Phi) is 3.78. The fraction of sp³-hybridized carbons (Fsp3) is 0.500. The molecule has 0 unspecified atom stereocenters. The second kappa shape index (κ2) is 5.32. The van der Waals surface area contributed by atoms with Crippen LogP contribution < -0.4 is 5.32 Å². The van der Waals surface area contributed by atoms with Crippen LogP contribution >= 0.6 is 0 Å². The zero-order chi connectivity index (χ0) is 13.0. The first-order chi connectivity index (χ1) is 8.65. The summed E-state index contributed by atoms with van der Waals surface area (Å²) in [5.74, 6) is -1.07. The van der Waals surface area contributed by atoms with Gasteiger partial charge in [-0.25, -0.2) is 9.78 Å². The molecule has 2 rings (SSSR count). The molecule has 0 aliphatic carbocycles. The number of aromatic carboxylic acids is 1. The van der Waals surface area contributed by atoms with Crippen molar-refractivity contribution in [3.05, 3.63) is 24.0 Å². The molecule has 1 aliphatic rings. The van der Waals surface area contributed by atoms with E-state index in [0.717, 1.165) is 0 Å². The summed E-state index contributed by atoms with van der Waals surface area (Å²) in [6, 6.07) is 3.16. The van der Waals surface area contributed by atoms with E-state index >= 15 is 0 Å². The van der Waals surface area contributed by atoms with Crippen molar-refractivity contribution in [2.75, 3.05) is 25.1 Å². The standard InChI is InChI=1S/C12H16N2O4/c15-8-12(2-5-18-6-3-12)14-9-1-4-13-10(7-9)11(16)17/h1,4,7,15H,2-3,5-6,8H2,(H,13,14)(H,16,17). The van der Waals surface area contributed by atoms with Gasteiger partial charge in [-0.15, -0.1) is 0 Å². The summed E-state index contributed by atoms with van der Waals surface area (Å²) in [5.41, 5.74) is 0.202. The predicted molar refractivity (Wildman–Crippen MR) is 64.7 cm³/mol. The SMILES string of the molecule is O=C(O)c1cc(NC2(CO)CCOCC2)ccn1. The van der Waals surface area contributed by atoms with Crippen LogP contribution in [0, 0.1) is 0 Å². The average molecular weight is 252 g/mol. The lowest BCUT2D eigenvalue weighted by molar-refractivity contribution is 0.0380. The van der Waals surface area contributed by atoms with Gasteiger partial charge in [-0.1, -0.05) is 0 Å². The molecule has 3 N–H and O–H groups in total. The highest BCUT2D eigenvalue weighted by Crippen LogP contribution is 2.25. The van der Waals surface area contributed by atoms with Gasteiger partial charge in [-0.3, -0.25) is 0 Å². The topological polar surface area (TPSA) is 91.7 Å². The van der Waals surface area contributed by atoms with E-state index in [1.54, 1.807) is 6.07 Å². The number of hydrogen-bond donors (Lipinski definition) is 3. The van der Waals surface area contributed by atoms with Crippen molar-refractivity contribution in [2.45, 2.75) is 18.4 Å². The molecule has 0 spiro atoms. The Labute approximate surface area is 105 Å². The van der Waals surface area contributed by atoms with Crippen LogP contribution in [0.3, 0.4) is 0 Å². The lowest BCUT2D eigenvalue weighted by Gasteiger charge is -2.37. The highest BCUT2D eigenvalue weighted by atomic mass is 16.5. The molecule has 1 saturated heterocycles. The second-order valence-electron chi connectivity index (χ2n) is 4.41. The van der Waals surface area contributed by atoms with Crippen LogP contribution in [0.15, 0.2) is 18.3 Å². The minimum Gasteiger partial charge on any atom is -0.477 e. The first kappa shape index (κ1) is 12.8. The molecule has 0 saturated carbocycles. The van der Waals surface area contributed by atoms with Crippen molar-refractivity contribution in [1.82, 2.24) is 4.98 Å². The van der Waals surface area contributed by atoms with E-state index in [-0.39, 0.29) is 12.3 Å². The Morgan fingerprint density at radius 3 is 2.83 bits per heavy atom. The number of ether oxygens (including phenoxy) is 1. The van der Waals surface area contributed by atoms with Gasteiger partial charge in [0.15, 0.2) is 0 Å². The second-order valence-corrected chi connectivity index (χ2v) is 4.41. The highest BCUT2D eigenvalue weighted by molar-refractivity contribution is 5.86. The van der Waals surface area contributed by atoms with E-state index in [1.807, 2.05) is 0 Å². The molecule has 0 atom stereocenters. The normalized spacial score (nSPS) is 18.3. The average Bonchev–Trinajstić information content (AvgIpc) is 2.40. The van der Waals surface area contributed by atoms with Crippen LogP contribution in [0.2, 0.25) is 0 Å². The fourth-order valence-corrected chi connectivity index (χ4v) is 2.02. The lowest BCUT2D eigenvalue weighted by Crippen LogP contribution is -2.46. The van der Waals surface area contributed by atoms with Crippen LogP contribution in [0.1, 0.15) is 23.3 Å². The van der Waals surface area contributed by atoms with Crippen molar-refractivity contribution in [1.29, 1.82) is 0 Å². The maximum absolute atomic E-state index is 10.8. The molecule has 98 valence electrons. The van der Waals surface area contributed by atoms with Gasteiger partial charge in [-0.2, -0.15) is 0 Å². The minimum atomic E-state index is -1.07. The molecule has 18 heavy (non-hydrogen) atoms. The Morgan fingerprint density at radius 2 is 2.22 bits per heavy atom. The van der Waals surface area contributed by atoms with Gasteiger partial charge in [-0.05, 0) is 25.0 Å². The lowest BCUT2D eigenvalue weighted by atomic mass is 9.90. The largest absolute Gasteiger partial charge is 0.477 e. The van der Waals surface area contributed by atoms with E-state index < -0.39 is 11.5 Å². The van der Waals surface area contributed by atoms with Gasteiger partial charge in [0.25, 0.3) is 0 Å². The summed E-state index contributed by atoms with van der Waals surface area (Å²) < 4.78 is 5.27. The van der Waals surface area contributed by atoms with Crippen molar-refractivity contribution in [3.63, 3.8) is 0 Å². The molecule has 6 nitrogen and oxygen atoms in total. The van der Waals surface area contributed by atoms with Crippen molar-refractivity contribution < 1.29 is 19.7 Å². The van der Waals surface area contributed by atoms with Crippen LogP contribution in [-0.2, 0) is 4.74 Å². The van der Waals surface area contributed by atoms with Crippen LogP contribution in [0.5, 0.6) is 0 Å². The van der Waals surface area contributed by atoms with Gasteiger partial charge in [0.1, 0.15) is 5.69 Å². The molecule has 0 amide bonds. The third-order valence-corrected chi connectivity index (χ3v) is 3.14. The van der Waals surface area contributed by atoms with Gasteiger partial charge in [0.2, 0.25) is 0 Å². The Balaban J connectivity index is 2.16. The van der Waals surface area contributed by atoms with Crippen molar-refractivity contribution in [2.24, 2.45) is 0 Å². The van der Waals surface area contributed by atoms with Gasteiger partial charge >= 0.3 is 5.97 Å². The van der Waals surface area contributed by atoms with Gasteiger partial charge in [0.05, 0.1) is 12.1 Å². The van der Waals surface area contributed by atoms with Crippen LogP contribution in [-0.4, -0.2) is 46.5 Å². The number of aliphatic hydroxyl groups excluding tert-OH is 1. The number of anilines is 1. The molecule has 6 heteroatoms. The first-order valence-corrected chi connectivity index (χ1v) is 5.81. The summed E-state index contributed by atoms with van der Waals surface area (Å²) in [6.45, 7) is 1.16. The first-order valence-electron chi connectivity index (χ1n) is 5.81. The Hall–Kier alpha value is -1.66.